The molecule has 4 nitrogen and oxygen atoms in total. The zero-order chi connectivity index (χ0) is 15.6. The molecule has 0 aromatic heterocycles. The fourth-order valence-corrected chi connectivity index (χ4v) is 2.61. The highest BCUT2D eigenvalue weighted by atomic mass is 19.4. The molecule has 1 aliphatic rings. The van der Waals surface area contributed by atoms with E-state index < -0.39 is 11.7 Å². The van der Waals surface area contributed by atoms with E-state index in [-0.39, 0.29) is 29.6 Å². The van der Waals surface area contributed by atoms with Crippen LogP contribution in [-0.2, 0) is 17.5 Å². The molecule has 1 saturated heterocycles. The van der Waals surface area contributed by atoms with Gasteiger partial charge in [0, 0.05) is 18.2 Å². The van der Waals surface area contributed by atoms with E-state index in [0.717, 1.165) is 6.07 Å². The van der Waals surface area contributed by atoms with Crippen LogP contribution in [0.25, 0.3) is 0 Å². The Balaban J connectivity index is 2.09. The monoisotopic (exact) mass is 301 g/mol. The largest absolute Gasteiger partial charge is 0.416 e. The average molecular weight is 301 g/mol. The molecule has 4 N–H and O–H groups in total. The third-order valence-corrected chi connectivity index (χ3v) is 3.82. The molecule has 21 heavy (non-hydrogen) atoms. The van der Waals surface area contributed by atoms with Crippen molar-refractivity contribution in [1.82, 2.24) is 4.90 Å². The number of carbonyl (C=O) groups is 1. The van der Waals surface area contributed by atoms with E-state index in [1.165, 1.54) is 12.1 Å². The van der Waals surface area contributed by atoms with Crippen molar-refractivity contribution >= 4 is 11.6 Å². The minimum Gasteiger partial charge on any atom is -0.399 e. The zero-order valence-electron chi connectivity index (χ0n) is 11.5. The summed E-state index contributed by atoms with van der Waals surface area (Å²) in [6.45, 7) is 1.32. The highest BCUT2D eigenvalue weighted by molar-refractivity contribution is 5.76. The van der Waals surface area contributed by atoms with Crippen LogP contribution in [0.15, 0.2) is 18.2 Å². The number of nitrogen functional groups attached to an aromatic ring is 1. The van der Waals surface area contributed by atoms with Crippen LogP contribution in [0.3, 0.4) is 0 Å². The lowest BCUT2D eigenvalue weighted by atomic mass is 9.95. The standard InChI is InChI=1S/C14H18F3N3O/c15-14(16,17)12-7-11(18)2-1-10(12)8-20-5-3-9(4-6-20)13(19)21/h1-2,7,9H,3-6,8,18H2,(H2,19,21). The van der Waals surface area contributed by atoms with Crippen LogP contribution in [0.1, 0.15) is 24.0 Å². The number of anilines is 1. The van der Waals surface area contributed by atoms with Crippen LogP contribution in [-0.4, -0.2) is 23.9 Å². The Morgan fingerprint density at radius 3 is 2.43 bits per heavy atom. The van der Waals surface area contributed by atoms with E-state index >= 15 is 0 Å². The van der Waals surface area contributed by atoms with E-state index in [1.807, 2.05) is 4.90 Å². The first-order valence-corrected chi connectivity index (χ1v) is 6.74. The quantitative estimate of drug-likeness (QED) is 0.839. The van der Waals surface area contributed by atoms with Crippen molar-refractivity contribution in [3.63, 3.8) is 0 Å². The number of alkyl halides is 3. The van der Waals surface area contributed by atoms with Crippen LogP contribution in [0.2, 0.25) is 0 Å². The number of carbonyl (C=O) groups excluding carboxylic acids is 1. The summed E-state index contributed by atoms with van der Waals surface area (Å²) >= 11 is 0. The van der Waals surface area contributed by atoms with Gasteiger partial charge in [0.15, 0.2) is 0 Å². The highest BCUT2D eigenvalue weighted by Gasteiger charge is 2.34. The number of likely N-dealkylation sites (tertiary alicyclic amines) is 1. The van der Waals surface area contributed by atoms with Gasteiger partial charge in [-0.3, -0.25) is 9.69 Å². The normalized spacial score (nSPS) is 17.9. The molecule has 1 heterocycles. The van der Waals surface area contributed by atoms with Gasteiger partial charge in [0.2, 0.25) is 5.91 Å². The van der Waals surface area contributed by atoms with Gasteiger partial charge in [0.05, 0.1) is 5.56 Å². The minimum absolute atomic E-state index is 0.0958. The van der Waals surface area contributed by atoms with Crippen LogP contribution in [0.5, 0.6) is 0 Å². The molecule has 0 aliphatic carbocycles. The van der Waals surface area contributed by atoms with Gasteiger partial charge >= 0.3 is 6.18 Å². The van der Waals surface area contributed by atoms with Crippen molar-refractivity contribution in [1.29, 1.82) is 0 Å². The molecule has 1 aromatic rings. The van der Waals surface area contributed by atoms with Crippen LogP contribution >= 0.6 is 0 Å². The molecule has 0 radical (unpaired) electrons. The predicted molar refractivity (Wildman–Crippen MR) is 73.1 cm³/mol. The summed E-state index contributed by atoms with van der Waals surface area (Å²) in [6.07, 6.45) is -3.24. The van der Waals surface area contributed by atoms with E-state index in [0.29, 0.717) is 25.9 Å². The van der Waals surface area contributed by atoms with Crippen molar-refractivity contribution in [2.24, 2.45) is 11.7 Å². The zero-order valence-corrected chi connectivity index (χ0v) is 11.5. The highest BCUT2D eigenvalue weighted by Crippen LogP contribution is 2.34. The number of hydrogen-bond acceptors (Lipinski definition) is 3. The van der Waals surface area contributed by atoms with Gasteiger partial charge in [-0.2, -0.15) is 13.2 Å². The molecule has 2 rings (SSSR count). The molecule has 0 spiro atoms. The number of amides is 1. The molecule has 1 aromatic carbocycles. The van der Waals surface area contributed by atoms with Gasteiger partial charge in [-0.1, -0.05) is 6.07 Å². The maximum absolute atomic E-state index is 13.0. The first-order chi connectivity index (χ1) is 9.77. The Kier molecular flexibility index (Phi) is 4.41. The number of primary amides is 1. The third kappa shape index (κ3) is 3.87. The Bertz CT molecular complexity index is 523. The molecule has 0 unspecified atom stereocenters. The molecule has 1 aliphatic heterocycles. The van der Waals surface area contributed by atoms with E-state index in [4.69, 9.17) is 11.5 Å². The number of piperidine rings is 1. The lowest BCUT2D eigenvalue weighted by molar-refractivity contribution is -0.138. The lowest BCUT2D eigenvalue weighted by Gasteiger charge is -2.31. The average Bonchev–Trinajstić information content (AvgIpc) is 2.40. The predicted octanol–water partition coefficient (Wildman–Crippen LogP) is 1.98. The molecule has 0 saturated carbocycles. The number of nitrogens with zero attached hydrogens (tertiary/aromatic N) is 1. The van der Waals surface area contributed by atoms with Crippen molar-refractivity contribution in [3.05, 3.63) is 29.3 Å². The van der Waals surface area contributed by atoms with Crippen LogP contribution in [0.4, 0.5) is 18.9 Å². The Morgan fingerprint density at radius 2 is 1.90 bits per heavy atom. The van der Waals surface area contributed by atoms with Gasteiger partial charge in [0.25, 0.3) is 0 Å². The molecular weight excluding hydrogens is 283 g/mol. The van der Waals surface area contributed by atoms with Crippen molar-refractivity contribution in [2.75, 3.05) is 18.8 Å². The van der Waals surface area contributed by atoms with Crippen LogP contribution in [0, 0.1) is 5.92 Å². The summed E-state index contributed by atoms with van der Waals surface area (Å²) < 4.78 is 39.0. The number of rotatable bonds is 3. The number of nitrogens with two attached hydrogens (primary N) is 2. The molecule has 116 valence electrons. The fraction of sp³-hybridized carbons (Fsp3) is 0.500. The topological polar surface area (TPSA) is 72.4 Å². The summed E-state index contributed by atoms with van der Waals surface area (Å²) in [4.78, 5) is 13.0. The summed E-state index contributed by atoms with van der Waals surface area (Å²) in [6, 6.07) is 3.85. The lowest BCUT2D eigenvalue weighted by Crippen LogP contribution is -2.38. The van der Waals surface area contributed by atoms with Crippen molar-refractivity contribution in [3.8, 4) is 0 Å². The van der Waals surface area contributed by atoms with E-state index in [2.05, 4.69) is 0 Å². The van der Waals surface area contributed by atoms with Crippen molar-refractivity contribution in [2.45, 2.75) is 25.6 Å². The van der Waals surface area contributed by atoms with E-state index in [9.17, 15) is 18.0 Å². The Morgan fingerprint density at radius 1 is 1.29 bits per heavy atom. The fourth-order valence-electron chi connectivity index (χ4n) is 2.61. The van der Waals surface area contributed by atoms with E-state index in [1.54, 1.807) is 0 Å². The molecule has 0 atom stereocenters. The molecule has 7 heteroatoms. The smallest absolute Gasteiger partial charge is 0.399 e. The third-order valence-electron chi connectivity index (χ3n) is 3.82. The number of hydrogen-bond donors (Lipinski definition) is 2. The number of halogens is 3. The van der Waals surface area contributed by atoms with Gasteiger partial charge in [-0.15, -0.1) is 0 Å². The van der Waals surface area contributed by atoms with Gasteiger partial charge in [-0.25, -0.2) is 0 Å². The SMILES string of the molecule is NC(=O)C1CCN(Cc2ccc(N)cc2C(F)(F)F)CC1. The minimum atomic E-state index is -4.42. The Labute approximate surface area is 120 Å². The molecular formula is C14H18F3N3O. The summed E-state index contributed by atoms with van der Waals surface area (Å²) in [7, 11) is 0. The number of benzene rings is 1. The molecule has 1 fully saturated rings. The van der Waals surface area contributed by atoms with Crippen molar-refractivity contribution < 1.29 is 18.0 Å². The molecule has 0 bridgehead atoms. The van der Waals surface area contributed by atoms with Gasteiger partial charge < -0.3 is 11.5 Å². The van der Waals surface area contributed by atoms with Crippen LogP contribution < -0.4 is 11.5 Å². The first-order valence-electron chi connectivity index (χ1n) is 6.74. The second kappa shape index (κ2) is 5.93. The summed E-state index contributed by atoms with van der Waals surface area (Å²) in [5, 5.41) is 0. The summed E-state index contributed by atoms with van der Waals surface area (Å²) in [5.41, 5.74) is 10.3. The maximum atomic E-state index is 13.0. The van der Waals surface area contributed by atoms with Gasteiger partial charge in [-0.05, 0) is 43.6 Å². The first kappa shape index (κ1) is 15.6. The Hall–Kier alpha value is -1.76. The maximum Gasteiger partial charge on any atom is 0.416 e. The van der Waals surface area contributed by atoms with Gasteiger partial charge in [0.1, 0.15) is 0 Å². The second-order valence-corrected chi connectivity index (χ2v) is 5.37. The molecule has 1 amide bonds. The second-order valence-electron chi connectivity index (χ2n) is 5.37. The summed E-state index contributed by atoms with van der Waals surface area (Å²) in [5.74, 6) is -0.507.